The van der Waals surface area contributed by atoms with Crippen LogP contribution in [0.2, 0.25) is 0 Å². The Bertz CT molecular complexity index is 1080. The molecule has 0 aliphatic carbocycles. The molecule has 0 atom stereocenters. The second-order valence-electron chi connectivity index (χ2n) is 6.01. The van der Waals surface area contributed by atoms with E-state index in [2.05, 4.69) is 11.4 Å². The lowest BCUT2D eigenvalue weighted by atomic mass is 10.1. The van der Waals surface area contributed by atoms with E-state index in [4.69, 9.17) is 20.0 Å². The molecule has 0 saturated heterocycles. The summed E-state index contributed by atoms with van der Waals surface area (Å²) in [6.07, 6.45) is 0. The van der Waals surface area contributed by atoms with Crippen LogP contribution in [0.25, 0.3) is 0 Å². The van der Waals surface area contributed by atoms with Crippen molar-refractivity contribution in [1.29, 1.82) is 10.5 Å². The first kappa shape index (κ1) is 19.5. The predicted octanol–water partition coefficient (Wildman–Crippen LogP) is 4.29. The van der Waals surface area contributed by atoms with E-state index >= 15 is 0 Å². The van der Waals surface area contributed by atoms with Gasteiger partial charge in [-0.25, -0.2) is 0 Å². The van der Waals surface area contributed by atoms with E-state index in [-0.39, 0.29) is 19.1 Å². The van der Waals surface area contributed by atoms with Crippen molar-refractivity contribution in [2.24, 2.45) is 0 Å². The van der Waals surface area contributed by atoms with E-state index in [0.717, 1.165) is 5.56 Å². The number of carbonyl (C=O) groups is 1. The van der Waals surface area contributed by atoms with Crippen molar-refractivity contribution < 1.29 is 14.3 Å². The third-order valence-electron chi connectivity index (χ3n) is 4.04. The number of carbonyl (C=O) groups excluding carboxylic acids is 1. The van der Waals surface area contributed by atoms with Crippen molar-refractivity contribution in [2.75, 3.05) is 11.9 Å². The summed E-state index contributed by atoms with van der Waals surface area (Å²) in [5.41, 5.74) is 2.39. The Morgan fingerprint density at radius 3 is 2.45 bits per heavy atom. The first-order valence-electron chi connectivity index (χ1n) is 8.81. The zero-order valence-corrected chi connectivity index (χ0v) is 15.5. The average molecular weight is 383 g/mol. The van der Waals surface area contributed by atoms with Crippen LogP contribution in [0, 0.1) is 22.7 Å². The average Bonchev–Trinajstić information content (AvgIpc) is 2.77. The molecule has 0 heterocycles. The van der Waals surface area contributed by atoms with E-state index in [1.165, 1.54) is 0 Å². The molecular formula is C23H17N3O3. The number of amides is 1. The maximum absolute atomic E-state index is 12.5. The van der Waals surface area contributed by atoms with Crippen LogP contribution >= 0.6 is 0 Å². The van der Waals surface area contributed by atoms with Crippen LogP contribution in [0.15, 0.2) is 72.8 Å². The fraction of sp³-hybridized carbons (Fsp3) is 0.0870. The summed E-state index contributed by atoms with van der Waals surface area (Å²) in [5, 5.41) is 20.5. The van der Waals surface area contributed by atoms with E-state index in [9.17, 15) is 4.79 Å². The molecule has 3 aromatic carbocycles. The van der Waals surface area contributed by atoms with E-state index < -0.39 is 0 Å². The van der Waals surface area contributed by atoms with Gasteiger partial charge in [-0.05, 0) is 48.5 Å². The number of ether oxygens (including phenoxy) is 2. The molecule has 0 bridgehead atoms. The molecule has 1 N–H and O–H groups in total. The number of anilines is 1. The number of benzene rings is 3. The maximum atomic E-state index is 12.5. The third kappa shape index (κ3) is 5.35. The molecule has 0 saturated carbocycles. The van der Waals surface area contributed by atoms with Crippen LogP contribution in [0.5, 0.6) is 11.5 Å². The zero-order valence-electron chi connectivity index (χ0n) is 15.5. The topological polar surface area (TPSA) is 95.1 Å². The molecule has 0 aliphatic heterocycles. The summed E-state index contributed by atoms with van der Waals surface area (Å²) in [4.78, 5) is 12.5. The van der Waals surface area contributed by atoms with Crippen LogP contribution in [0.4, 0.5) is 5.69 Å². The van der Waals surface area contributed by atoms with Gasteiger partial charge in [-0.1, -0.05) is 24.3 Å². The molecule has 3 aromatic rings. The van der Waals surface area contributed by atoms with Crippen LogP contribution in [-0.2, 0) is 6.61 Å². The van der Waals surface area contributed by atoms with E-state index in [1.807, 2.05) is 18.2 Å². The van der Waals surface area contributed by atoms with Crippen molar-refractivity contribution >= 4 is 11.6 Å². The second kappa shape index (κ2) is 9.59. The number of rotatable bonds is 7. The summed E-state index contributed by atoms with van der Waals surface area (Å²) in [6.45, 7) is 0.205. The maximum Gasteiger partial charge on any atom is 0.255 e. The minimum atomic E-state index is -0.279. The third-order valence-corrected chi connectivity index (χ3v) is 4.04. The Hall–Kier alpha value is -4.29. The van der Waals surface area contributed by atoms with Gasteiger partial charge in [0, 0.05) is 16.8 Å². The van der Waals surface area contributed by atoms with E-state index in [1.54, 1.807) is 60.7 Å². The summed E-state index contributed by atoms with van der Waals surface area (Å²) in [7, 11) is 0. The molecule has 6 heteroatoms. The van der Waals surface area contributed by atoms with Gasteiger partial charge >= 0.3 is 0 Å². The Morgan fingerprint density at radius 1 is 0.897 bits per heavy atom. The molecule has 29 heavy (non-hydrogen) atoms. The first-order valence-corrected chi connectivity index (χ1v) is 8.81. The predicted molar refractivity (Wildman–Crippen MR) is 107 cm³/mol. The number of hydrogen-bond donors (Lipinski definition) is 1. The van der Waals surface area contributed by atoms with Crippen molar-refractivity contribution in [2.45, 2.75) is 6.61 Å². The molecule has 0 spiro atoms. The van der Waals surface area contributed by atoms with Crippen LogP contribution < -0.4 is 14.8 Å². The van der Waals surface area contributed by atoms with Crippen molar-refractivity contribution in [3.63, 3.8) is 0 Å². The molecule has 0 aliphatic rings. The molecule has 6 nitrogen and oxygen atoms in total. The zero-order chi connectivity index (χ0) is 20.5. The van der Waals surface area contributed by atoms with E-state index in [0.29, 0.717) is 28.3 Å². The highest BCUT2D eigenvalue weighted by molar-refractivity contribution is 6.04. The second-order valence-corrected chi connectivity index (χ2v) is 6.01. The largest absolute Gasteiger partial charge is 0.489 e. The van der Waals surface area contributed by atoms with Gasteiger partial charge < -0.3 is 14.8 Å². The Kier molecular flexibility index (Phi) is 6.44. The van der Waals surface area contributed by atoms with Crippen molar-refractivity contribution in [1.82, 2.24) is 0 Å². The molecule has 0 radical (unpaired) electrons. The smallest absolute Gasteiger partial charge is 0.255 e. The molecule has 3 rings (SSSR count). The minimum absolute atomic E-state index is 0.0304. The fourth-order valence-corrected chi connectivity index (χ4v) is 2.60. The highest BCUT2D eigenvalue weighted by Gasteiger charge is 2.09. The number of hydrogen-bond acceptors (Lipinski definition) is 5. The summed E-state index contributed by atoms with van der Waals surface area (Å²) in [5.74, 6) is 0.807. The lowest BCUT2D eigenvalue weighted by Gasteiger charge is -2.10. The first-order chi connectivity index (χ1) is 14.2. The Balaban J connectivity index is 1.63. The summed E-state index contributed by atoms with van der Waals surface area (Å²) < 4.78 is 10.9. The molecule has 1 amide bonds. The van der Waals surface area contributed by atoms with Gasteiger partial charge in [-0.15, -0.1) is 0 Å². The summed E-state index contributed by atoms with van der Waals surface area (Å²) >= 11 is 0. The Morgan fingerprint density at radius 2 is 1.69 bits per heavy atom. The summed E-state index contributed by atoms with van der Waals surface area (Å²) in [6, 6.07) is 24.8. The monoisotopic (exact) mass is 383 g/mol. The lowest BCUT2D eigenvalue weighted by molar-refractivity contribution is 0.102. The van der Waals surface area contributed by atoms with Crippen LogP contribution in [0.3, 0.4) is 0 Å². The van der Waals surface area contributed by atoms with Crippen LogP contribution in [-0.4, -0.2) is 12.5 Å². The lowest BCUT2D eigenvalue weighted by Crippen LogP contribution is -2.12. The number of nitrogens with one attached hydrogen (secondary N) is 1. The normalized spacial score (nSPS) is 9.72. The minimum Gasteiger partial charge on any atom is -0.489 e. The number of nitriles is 2. The van der Waals surface area contributed by atoms with Crippen LogP contribution in [0.1, 0.15) is 21.5 Å². The van der Waals surface area contributed by atoms with Gasteiger partial charge in [0.05, 0.1) is 11.6 Å². The molecule has 142 valence electrons. The highest BCUT2D eigenvalue weighted by atomic mass is 16.5. The quantitative estimate of drug-likeness (QED) is 0.657. The molecule has 0 fully saturated rings. The van der Waals surface area contributed by atoms with Gasteiger partial charge in [-0.3, -0.25) is 4.79 Å². The number of nitrogens with zero attached hydrogens (tertiary/aromatic N) is 2. The van der Waals surface area contributed by atoms with Gasteiger partial charge in [0.15, 0.2) is 6.61 Å². The van der Waals surface area contributed by atoms with Gasteiger partial charge in [0.25, 0.3) is 5.91 Å². The van der Waals surface area contributed by atoms with Gasteiger partial charge in [0.1, 0.15) is 24.2 Å². The van der Waals surface area contributed by atoms with Crippen molar-refractivity contribution in [3.05, 3.63) is 89.5 Å². The van der Waals surface area contributed by atoms with Crippen molar-refractivity contribution in [3.8, 4) is 23.6 Å². The standard InChI is InChI=1S/C23H17N3O3/c24-12-13-28-21-10-8-20(9-11-21)26-23(27)17-6-3-7-22(14-17)29-16-19-5-2-1-4-18(19)15-25/h1-11,14H,13,16H2,(H,26,27). The highest BCUT2D eigenvalue weighted by Crippen LogP contribution is 2.19. The molecule has 0 aromatic heterocycles. The molecule has 0 unspecified atom stereocenters. The van der Waals surface area contributed by atoms with Gasteiger partial charge in [0.2, 0.25) is 0 Å². The Labute approximate surface area is 168 Å². The van der Waals surface area contributed by atoms with Gasteiger partial charge in [-0.2, -0.15) is 10.5 Å². The molecular weight excluding hydrogens is 366 g/mol. The SMILES string of the molecule is N#CCOc1ccc(NC(=O)c2cccc(OCc3ccccc3C#N)c2)cc1. The fourth-order valence-electron chi connectivity index (χ4n) is 2.60.